The van der Waals surface area contributed by atoms with Crippen molar-refractivity contribution in [1.82, 2.24) is 14.5 Å². The van der Waals surface area contributed by atoms with Gasteiger partial charge in [-0.3, -0.25) is 14.2 Å². The molecule has 7 heteroatoms. The van der Waals surface area contributed by atoms with Crippen LogP contribution in [0.1, 0.15) is 24.5 Å². The number of nitrogens with one attached hydrogen (secondary N) is 1. The van der Waals surface area contributed by atoms with E-state index in [1.165, 1.54) is 16.7 Å². The summed E-state index contributed by atoms with van der Waals surface area (Å²) < 4.78 is 16.3. The highest BCUT2D eigenvalue weighted by atomic mass is 19.1. The van der Waals surface area contributed by atoms with Gasteiger partial charge in [-0.2, -0.15) is 0 Å². The number of hydrogen-bond donors (Lipinski definition) is 1. The van der Waals surface area contributed by atoms with Crippen LogP contribution in [-0.2, 0) is 17.8 Å². The molecule has 33 heavy (non-hydrogen) atoms. The summed E-state index contributed by atoms with van der Waals surface area (Å²) in [6.07, 6.45) is 1.08. The van der Waals surface area contributed by atoms with Crippen LogP contribution in [0.25, 0.3) is 16.6 Å². The minimum Gasteiger partial charge on any atom is -0.356 e. The topological polar surface area (TPSA) is 73.1 Å². The Morgan fingerprint density at radius 2 is 1.70 bits per heavy atom. The highest BCUT2D eigenvalue weighted by molar-refractivity contribution is 5.79. The number of amides is 1. The Bertz CT molecular complexity index is 1420. The lowest BCUT2D eigenvalue weighted by Crippen LogP contribution is -2.39. The van der Waals surface area contributed by atoms with E-state index >= 15 is 0 Å². The number of rotatable bonds is 7. The van der Waals surface area contributed by atoms with Crippen LogP contribution in [-0.4, -0.2) is 21.6 Å². The Hall–Kier alpha value is -4.00. The van der Waals surface area contributed by atoms with Gasteiger partial charge in [0.15, 0.2) is 0 Å². The van der Waals surface area contributed by atoms with Crippen LogP contribution in [0.3, 0.4) is 0 Å². The van der Waals surface area contributed by atoms with Gasteiger partial charge < -0.3 is 5.32 Å². The molecule has 0 fully saturated rings. The number of para-hydroxylation sites is 1. The molecule has 0 aliphatic heterocycles. The van der Waals surface area contributed by atoms with Crippen LogP contribution in [0.5, 0.6) is 0 Å². The predicted octanol–water partition coefficient (Wildman–Crippen LogP) is 3.41. The Balaban J connectivity index is 1.77. The van der Waals surface area contributed by atoms with Crippen LogP contribution in [0, 0.1) is 5.82 Å². The molecule has 0 aliphatic carbocycles. The molecule has 1 heterocycles. The number of aromatic nitrogens is 2. The fraction of sp³-hybridized carbons (Fsp3) is 0.192. The molecule has 4 rings (SSSR count). The van der Waals surface area contributed by atoms with Crippen molar-refractivity contribution in [3.63, 3.8) is 0 Å². The first kappa shape index (κ1) is 22.2. The molecule has 0 saturated heterocycles. The SMILES string of the molecule is CCCNC(=O)Cc1ccc(-n2c(=O)c3ccccc3n(Cc3cccc(F)c3)c2=O)cc1. The van der Waals surface area contributed by atoms with Gasteiger partial charge in [0.2, 0.25) is 5.91 Å². The summed E-state index contributed by atoms with van der Waals surface area (Å²) in [6, 6.07) is 19.7. The Morgan fingerprint density at radius 3 is 2.42 bits per heavy atom. The summed E-state index contributed by atoms with van der Waals surface area (Å²) >= 11 is 0. The lowest BCUT2D eigenvalue weighted by atomic mass is 10.1. The van der Waals surface area contributed by atoms with Crippen molar-refractivity contribution >= 4 is 16.8 Å². The molecule has 3 aromatic carbocycles. The van der Waals surface area contributed by atoms with Gasteiger partial charge in [0, 0.05) is 6.54 Å². The maximum atomic E-state index is 13.7. The van der Waals surface area contributed by atoms with Crippen molar-refractivity contribution < 1.29 is 9.18 Å². The summed E-state index contributed by atoms with van der Waals surface area (Å²) in [6.45, 7) is 2.72. The zero-order valence-electron chi connectivity index (χ0n) is 18.3. The maximum absolute atomic E-state index is 13.7. The normalized spacial score (nSPS) is 11.0. The second-order valence-corrected chi connectivity index (χ2v) is 7.85. The minimum absolute atomic E-state index is 0.0788. The first-order chi connectivity index (χ1) is 16.0. The maximum Gasteiger partial charge on any atom is 0.336 e. The van der Waals surface area contributed by atoms with Crippen LogP contribution >= 0.6 is 0 Å². The number of halogens is 1. The molecule has 0 unspecified atom stereocenters. The van der Waals surface area contributed by atoms with Gasteiger partial charge in [-0.05, 0) is 53.9 Å². The summed E-state index contributed by atoms with van der Waals surface area (Å²) in [5.74, 6) is -0.471. The van der Waals surface area contributed by atoms with E-state index < -0.39 is 17.1 Å². The van der Waals surface area contributed by atoms with E-state index in [1.807, 2.05) is 6.92 Å². The van der Waals surface area contributed by atoms with E-state index in [0.717, 1.165) is 16.6 Å². The molecule has 0 bridgehead atoms. The molecule has 168 valence electrons. The summed E-state index contributed by atoms with van der Waals surface area (Å²) in [7, 11) is 0. The fourth-order valence-electron chi connectivity index (χ4n) is 3.79. The fourth-order valence-corrected chi connectivity index (χ4v) is 3.79. The number of carbonyl (C=O) groups excluding carboxylic acids is 1. The van der Waals surface area contributed by atoms with E-state index in [-0.39, 0.29) is 18.9 Å². The van der Waals surface area contributed by atoms with E-state index in [1.54, 1.807) is 60.7 Å². The van der Waals surface area contributed by atoms with Gasteiger partial charge in [0.05, 0.1) is 29.6 Å². The number of nitrogens with zero attached hydrogens (tertiary/aromatic N) is 2. The highest BCUT2D eigenvalue weighted by Crippen LogP contribution is 2.14. The number of fused-ring (bicyclic) bond motifs is 1. The first-order valence-corrected chi connectivity index (χ1v) is 10.8. The second-order valence-electron chi connectivity index (χ2n) is 7.85. The molecule has 1 amide bonds. The van der Waals surface area contributed by atoms with Gasteiger partial charge >= 0.3 is 5.69 Å². The van der Waals surface area contributed by atoms with Crippen molar-refractivity contribution in [2.24, 2.45) is 0 Å². The summed E-state index contributed by atoms with van der Waals surface area (Å²) in [4.78, 5) is 38.6. The summed E-state index contributed by atoms with van der Waals surface area (Å²) in [5.41, 5.74) is 1.33. The molecule has 4 aromatic rings. The molecule has 0 atom stereocenters. The van der Waals surface area contributed by atoms with Crippen LogP contribution in [0.4, 0.5) is 4.39 Å². The van der Waals surface area contributed by atoms with E-state index in [0.29, 0.717) is 28.7 Å². The zero-order valence-corrected chi connectivity index (χ0v) is 18.3. The number of benzene rings is 3. The van der Waals surface area contributed by atoms with Gasteiger partial charge in [-0.1, -0.05) is 43.3 Å². The predicted molar refractivity (Wildman–Crippen MR) is 126 cm³/mol. The second kappa shape index (κ2) is 9.65. The van der Waals surface area contributed by atoms with Gasteiger partial charge in [-0.25, -0.2) is 13.8 Å². The monoisotopic (exact) mass is 445 g/mol. The largest absolute Gasteiger partial charge is 0.356 e. The molecule has 6 nitrogen and oxygen atoms in total. The quantitative estimate of drug-likeness (QED) is 0.474. The minimum atomic E-state index is -0.517. The van der Waals surface area contributed by atoms with Gasteiger partial charge in [0.25, 0.3) is 5.56 Å². The molecule has 0 saturated carbocycles. The molecule has 1 aromatic heterocycles. The Morgan fingerprint density at radius 1 is 0.939 bits per heavy atom. The van der Waals surface area contributed by atoms with Crippen molar-refractivity contribution in [3.8, 4) is 5.69 Å². The average molecular weight is 445 g/mol. The molecule has 0 aliphatic rings. The van der Waals surface area contributed by atoms with E-state index in [2.05, 4.69) is 5.32 Å². The first-order valence-electron chi connectivity index (χ1n) is 10.8. The van der Waals surface area contributed by atoms with Crippen molar-refractivity contribution in [1.29, 1.82) is 0 Å². The van der Waals surface area contributed by atoms with Crippen molar-refractivity contribution in [2.45, 2.75) is 26.3 Å². The number of carbonyl (C=O) groups is 1. The average Bonchev–Trinajstić information content (AvgIpc) is 2.82. The third-order valence-electron chi connectivity index (χ3n) is 5.41. The molecular weight excluding hydrogens is 421 g/mol. The van der Waals surface area contributed by atoms with Gasteiger partial charge in [-0.15, -0.1) is 0 Å². The molecule has 0 radical (unpaired) electrons. The highest BCUT2D eigenvalue weighted by Gasteiger charge is 2.15. The Labute approximate surface area is 189 Å². The van der Waals surface area contributed by atoms with Crippen molar-refractivity contribution in [3.05, 3.63) is 111 Å². The third-order valence-corrected chi connectivity index (χ3v) is 5.41. The van der Waals surface area contributed by atoms with Crippen LogP contribution in [0.15, 0.2) is 82.4 Å². The Kier molecular flexibility index (Phi) is 6.49. The molecule has 0 spiro atoms. The smallest absolute Gasteiger partial charge is 0.336 e. The summed E-state index contributed by atoms with van der Waals surface area (Å²) in [5, 5.41) is 3.21. The van der Waals surface area contributed by atoms with Crippen molar-refractivity contribution in [2.75, 3.05) is 6.54 Å². The molecule has 1 N–H and O–H groups in total. The zero-order chi connectivity index (χ0) is 23.4. The lowest BCUT2D eigenvalue weighted by Gasteiger charge is -2.15. The molecular formula is C26H24FN3O3. The van der Waals surface area contributed by atoms with E-state index in [9.17, 15) is 18.8 Å². The lowest BCUT2D eigenvalue weighted by molar-refractivity contribution is -0.120. The third kappa shape index (κ3) is 4.77. The van der Waals surface area contributed by atoms with Crippen LogP contribution < -0.4 is 16.6 Å². The van der Waals surface area contributed by atoms with E-state index in [4.69, 9.17) is 0 Å². The number of hydrogen-bond acceptors (Lipinski definition) is 3. The standard InChI is InChI=1S/C26H24FN3O3/c1-2-14-28-24(31)16-18-10-12-21(13-11-18)30-25(32)22-8-3-4-9-23(22)29(26(30)33)17-19-6-5-7-20(27)15-19/h3-13,15H,2,14,16-17H2,1H3,(H,28,31). The van der Waals surface area contributed by atoms with Gasteiger partial charge in [0.1, 0.15) is 5.82 Å². The van der Waals surface area contributed by atoms with Crippen LogP contribution in [0.2, 0.25) is 0 Å².